The minimum absolute atomic E-state index is 0.175. The van der Waals surface area contributed by atoms with Gasteiger partial charge >= 0.3 is 0 Å². The van der Waals surface area contributed by atoms with E-state index >= 15 is 0 Å². The lowest BCUT2D eigenvalue weighted by molar-refractivity contribution is 0.570. The van der Waals surface area contributed by atoms with Crippen LogP contribution >= 0.6 is 11.3 Å². The van der Waals surface area contributed by atoms with Gasteiger partial charge in [0.05, 0.1) is 11.4 Å². The Balaban J connectivity index is 1.62. The molecule has 4 rings (SSSR count). The quantitative estimate of drug-likeness (QED) is 0.454. The van der Waals surface area contributed by atoms with E-state index in [2.05, 4.69) is 20.1 Å². The van der Waals surface area contributed by atoms with Crippen molar-refractivity contribution >= 4 is 38.0 Å². The predicted octanol–water partition coefficient (Wildman–Crippen LogP) is 4.63. The molecule has 0 bridgehead atoms. The van der Waals surface area contributed by atoms with Crippen LogP contribution < -0.4 is 10.0 Å². The first-order valence-corrected chi connectivity index (χ1v) is 11.3. The molecule has 2 aromatic heterocycles. The fourth-order valence-corrected chi connectivity index (χ4v) is 4.78. The highest BCUT2D eigenvalue weighted by molar-refractivity contribution is 7.93. The van der Waals surface area contributed by atoms with Gasteiger partial charge in [-0.1, -0.05) is 12.1 Å². The zero-order chi connectivity index (χ0) is 21.3. The Morgan fingerprint density at radius 2 is 1.93 bits per heavy atom. The molecule has 30 heavy (non-hydrogen) atoms. The zero-order valence-electron chi connectivity index (χ0n) is 16.1. The van der Waals surface area contributed by atoms with Gasteiger partial charge in [-0.2, -0.15) is 5.10 Å². The number of aromatic nitrogens is 3. The minimum Gasteiger partial charge on any atom is -0.340 e. The van der Waals surface area contributed by atoms with Crippen molar-refractivity contribution in [3.63, 3.8) is 0 Å². The average Bonchev–Trinajstić information content (AvgIpc) is 3.30. The number of rotatable bonds is 6. The number of benzene rings is 2. The van der Waals surface area contributed by atoms with E-state index in [0.717, 1.165) is 34.3 Å². The molecule has 0 amide bonds. The van der Waals surface area contributed by atoms with Crippen LogP contribution in [0.25, 0.3) is 5.69 Å². The summed E-state index contributed by atoms with van der Waals surface area (Å²) in [6.45, 7) is 3.85. The Labute approximate surface area is 177 Å². The molecule has 0 saturated heterocycles. The highest BCUT2D eigenvalue weighted by atomic mass is 32.2. The number of aryl methyl sites for hydroxylation is 2. The van der Waals surface area contributed by atoms with Gasteiger partial charge in [0.2, 0.25) is 0 Å². The highest BCUT2D eigenvalue weighted by Crippen LogP contribution is 2.26. The van der Waals surface area contributed by atoms with E-state index in [4.69, 9.17) is 0 Å². The number of halogens is 1. The van der Waals surface area contributed by atoms with Crippen molar-refractivity contribution < 1.29 is 12.8 Å². The molecule has 0 radical (unpaired) electrons. The molecule has 4 aromatic rings. The van der Waals surface area contributed by atoms with Crippen LogP contribution in [-0.4, -0.2) is 23.2 Å². The van der Waals surface area contributed by atoms with Gasteiger partial charge in [0.1, 0.15) is 16.5 Å². The maximum absolute atomic E-state index is 14.7. The highest BCUT2D eigenvalue weighted by Gasteiger charge is 2.21. The Morgan fingerprint density at radius 1 is 1.10 bits per heavy atom. The lowest BCUT2D eigenvalue weighted by atomic mass is 10.2. The van der Waals surface area contributed by atoms with Crippen LogP contribution in [0, 0.1) is 19.7 Å². The van der Waals surface area contributed by atoms with E-state index in [1.165, 1.54) is 18.3 Å². The SMILES string of the molecule is Cc1cccc(-n2nc(C)cc2Nc2ccc(S(=O)(=O)Nc3nccs3)c(F)c2)c1. The first-order valence-electron chi connectivity index (χ1n) is 8.94. The van der Waals surface area contributed by atoms with Gasteiger partial charge < -0.3 is 5.32 Å². The minimum atomic E-state index is -4.08. The first-order chi connectivity index (χ1) is 14.3. The molecule has 0 spiro atoms. The van der Waals surface area contributed by atoms with Gasteiger partial charge in [-0.15, -0.1) is 11.3 Å². The van der Waals surface area contributed by atoms with E-state index in [-0.39, 0.29) is 5.13 Å². The molecule has 10 heteroatoms. The van der Waals surface area contributed by atoms with E-state index in [1.807, 2.05) is 44.2 Å². The molecule has 0 saturated carbocycles. The molecule has 2 aromatic carbocycles. The van der Waals surface area contributed by atoms with Crippen LogP contribution in [0.3, 0.4) is 0 Å². The third-order valence-electron chi connectivity index (χ3n) is 4.23. The molecular formula is C20H18FN5O2S2. The number of hydrogen-bond acceptors (Lipinski definition) is 6. The molecule has 0 fully saturated rings. The van der Waals surface area contributed by atoms with Gasteiger partial charge in [-0.3, -0.25) is 4.72 Å². The monoisotopic (exact) mass is 443 g/mol. The number of hydrogen-bond donors (Lipinski definition) is 2. The Bertz CT molecular complexity index is 1300. The number of thiazole rings is 1. The standard InChI is InChI=1S/C20H18FN5O2S2/c1-13-4-3-5-16(10-13)26-19(11-14(2)24-26)23-15-6-7-18(17(21)12-15)30(27,28)25-20-22-8-9-29-20/h3-12,23H,1-2H3,(H,22,25). The summed E-state index contributed by atoms with van der Waals surface area (Å²) >= 11 is 1.11. The molecule has 0 aliphatic carbocycles. The zero-order valence-corrected chi connectivity index (χ0v) is 17.8. The van der Waals surface area contributed by atoms with Gasteiger partial charge in [0.15, 0.2) is 5.13 Å². The second kappa shape index (κ2) is 7.88. The van der Waals surface area contributed by atoms with Crippen LogP contribution in [0.15, 0.2) is 65.0 Å². The van der Waals surface area contributed by atoms with Gasteiger partial charge in [-0.05, 0) is 49.7 Å². The summed E-state index contributed by atoms with van der Waals surface area (Å²) in [5.41, 5.74) is 3.12. The maximum atomic E-state index is 14.7. The van der Waals surface area contributed by atoms with Crippen molar-refractivity contribution in [2.75, 3.05) is 10.0 Å². The fraction of sp³-hybridized carbons (Fsp3) is 0.100. The van der Waals surface area contributed by atoms with Gasteiger partial charge in [0.25, 0.3) is 10.0 Å². The van der Waals surface area contributed by atoms with E-state index in [9.17, 15) is 12.8 Å². The van der Waals surface area contributed by atoms with Crippen LogP contribution in [0.2, 0.25) is 0 Å². The molecule has 154 valence electrons. The van der Waals surface area contributed by atoms with Crippen LogP contribution in [0.5, 0.6) is 0 Å². The molecule has 0 unspecified atom stereocenters. The molecule has 7 nitrogen and oxygen atoms in total. The predicted molar refractivity (Wildman–Crippen MR) is 116 cm³/mol. The second-order valence-electron chi connectivity index (χ2n) is 6.63. The van der Waals surface area contributed by atoms with Crippen LogP contribution in [0.4, 0.5) is 21.0 Å². The Hall–Kier alpha value is -3.24. The normalized spacial score (nSPS) is 11.4. The average molecular weight is 444 g/mol. The van der Waals surface area contributed by atoms with Crippen molar-refractivity contribution in [1.29, 1.82) is 0 Å². The molecule has 0 aliphatic heterocycles. The fourth-order valence-electron chi connectivity index (χ4n) is 2.93. The molecule has 0 atom stereocenters. The van der Waals surface area contributed by atoms with E-state index < -0.39 is 20.7 Å². The lowest BCUT2D eigenvalue weighted by Crippen LogP contribution is -2.14. The molecular weight excluding hydrogens is 425 g/mol. The summed E-state index contributed by atoms with van der Waals surface area (Å²) in [5.74, 6) is -0.239. The summed E-state index contributed by atoms with van der Waals surface area (Å²) in [7, 11) is -4.08. The summed E-state index contributed by atoms with van der Waals surface area (Å²) in [5, 5.41) is 9.40. The lowest BCUT2D eigenvalue weighted by Gasteiger charge is -2.12. The number of sulfonamides is 1. The van der Waals surface area contributed by atoms with Crippen LogP contribution in [-0.2, 0) is 10.0 Å². The van der Waals surface area contributed by atoms with Crippen LogP contribution in [0.1, 0.15) is 11.3 Å². The second-order valence-corrected chi connectivity index (χ2v) is 9.18. The summed E-state index contributed by atoms with van der Waals surface area (Å²) < 4.78 is 43.5. The summed E-state index contributed by atoms with van der Waals surface area (Å²) in [4.78, 5) is 3.41. The molecule has 2 heterocycles. The van der Waals surface area contributed by atoms with Crippen molar-refractivity contribution in [3.8, 4) is 5.69 Å². The molecule has 0 aliphatic rings. The van der Waals surface area contributed by atoms with Crippen molar-refractivity contribution in [2.24, 2.45) is 0 Å². The number of anilines is 3. The first kappa shape index (κ1) is 20.0. The van der Waals surface area contributed by atoms with Gasteiger partial charge in [-0.25, -0.2) is 22.5 Å². The van der Waals surface area contributed by atoms with Crippen molar-refractivity contribution in [3.05, 3.63) is 77.2 Å². The van der Waals surface area contributed by atoms with Crippen molar-refractivity contribution in [2.45, 2.75) is 18.7 Å². The summed E-state index contributed by atoms with van der Waals surface area (Å²) in [6, 6.07) is 13.5. The smallest absolute Gasteiger partial charge is 0.266 e. The Kier molecular flexibility index (Phi) is 5.27. The number of nitrogens with zero attached hydrogens (tertiary/aromatic N) is 3. The topological polar surface area (TPSA) is 88.9 Å². The number of nitrogens with one attached hydrogen (secondary N) is 2. The Morgan fingerprint density at radius 3 is 2.63 bits per heavy atom. The summed E-state index contributed by atoms with van der Waals surface area (Å²) in [6.07, 6.45) is 1.46. The molecule has 2 N–H and O–H groups in total. The third kappa shape index (κ3) is 4.19. The maximum Gasteiger partial charge on any atom is 0.266 e. The van der Waals surface area contributed by atoms with Crippen molar-refractivity contribution in [1.82, 2.24) is 14.8 Å². The van der Waals surface area contributed by atoms with E-state index in [0.29, 0.717) is 11.5 Å². The van der Waals surface area contributed by atoms with E-state index in [1.54, 1.807) is 10.1 Å². The van der Waals surface area contributed by atoms with Gasteiger partial charge in [0, 0.05) is 23.3 Å². The largest absolute Gasteiger partial charge is 0.340 e. The third-order valence-corrected chi connectivity index (χ3v) is 6.42.